The summed E-state index contributed by atoms with van der Waals surface area (Å²) < 4.78 is 18.6. The molecule has 0 fully saturated rings. The minimum absolute atomic E-state index is 0.117. The number of aromatic nitrogens is 2. The highest BCUT2D eigenvalue weighted by Crippen LogP contribution is 2.37. The fraction of sp³-hybridized carbons (Fsp3) is 0.100. The number of anilines is 1. The van der Waals surface area contributed by atoms with Crippen LogP contribution in [0.2, 0.25) is 0 Å². The van der Waals surface area contributed by atoms with Crippen LogP contribution in [-0.4, -0.2) is 22.2 Å². The number of nitro benzene ring substituents is 1. The van der Waals surface area contributed by atoms with Crippen molar-refractivity contribution in [3.8, 4) is 16.9 Å². The Bertz CT molecular complexity index is 611. The first-order chi connectivity index (χ1) is 8.54. The number of rotatable bonds is 3. The van der Waals surface area contributed by atoms with Gasteiger partial charge in [0.2, 0.25) is 0 Å². The molecule has 0 atom stereocenters. The van der Waals surface area contributed by atoms with Crippen LogP contribution in [0.25, 0.3) is 11.1 Å². The summed E-state index contributed by atoms with van der Waals surface area (Å²) in [6.45, 7) is 0. The van der Waals surface area contributed by atoms with Crippen LogP contribution in [0.1, 0.15) is 0 Å². The third-order valence-electron chi connectivity index (χ3n) is 2.40. The van der Waals surface area contributed by atoms with E-state index in [1.807, 2.05) is 0 Å². The van der Waals surface area contributed by atoms with Gasteiger partial charge in [-0.15, -0.1) is 0 Å². The van der Waals surface area contributed by atoms with E-state index in [2.05, 4.69) is 10.2 Å². The molecule has 7 nitrogen and oxygen atoms in total. The number of H-pyrrole nitrogens is 1. The lowest BCUT2D eigenvalue weighted by atomic mass is 10.1. The molecule has 0 radical (unpaired) electrons. The van der Waals surface area contributed by atoms with Gasteiger partial charge in [-0.1, -0.05) is 0 Å². The second-order valence-electron chi connectivity index (χ2n) is 3.46. The van der Waals surface area contributed by atoms with Crippen molar-refractivity contribution in [2.45, 2.75) is 0 Å². The first-order valence-electron chi connectivity index (χ1n) is 4.85. The third kappa shape index (κ3) is 1.83. The summed E-state index contributed by atoms with van der Waals surface area (Å²) in [5.74, 6) is -0.774. The smallest absolute Gasteiger partial charge is 0.273 e. The van der Waals surface area contributed by atoms with Crippen molar-refractivity contribution in [2.75, 3.05) is 12.8 Å². The summed E-state index contributed by atoms with van der Waals surface area (Å²) in [5.41, 5.74) is 5.74. The SMILES string of the molecule is COc1c(F)cc([N+](=O)[O-])cc1-c1cn[nH]c1N. The van der Waals surface area contributed by atoms with Crippen LogP contribution in [0.4, 0.5) is 15.9 Å². The maximum atomic E-state index is 13.7. The summed E-state index contributed by atoms with van der Waals surface area (Å²) in [4.78, 5) is 10.0. The number of nitrogens with one attached hydrogen (secondary N) is 1. The minimum atomic E-state index is -0.831. The molecule has 0 spiro atoms. The Morgan fingerprint density at radius 3 is 2.72 bits per heavy atom. The number of halogens is 1. The van der Waals surface area contributed by atoms with Gasteiger partial charge >= 0.3 is 0 Å². The van der Waals surface area contributed by atoms with Gasteiger partial charge < -0.3 is 10.5 Å². The number of non-ortho nitro benzene ring substituents is 1. The number of nitrogens with two attached hydrogens (primary N) is 1. The number of nitro groups is 1. The van der Waals surface area contributed by atoms with Crippen molar-refractivity contribution in [3.05, 3.63) is 34.3 Å². The predicted octanol–water partition coefficient (Wildman–Crippen LogP) is 1.71. The molecule has 0 unspecified atom stereocenters. The summed E-state index contributed by atoms with van der Waals surface area (Å²) in [5, 5.41) is 16.8. The molecule has 0 amide bonds. The molecule has 18 heavy (non-hydrogen) atoms. The molecule has 0 aliphatic rings. The standard InChI is InChI=1S/C10H9FN4O3/c1-18-9-6(7-4-13-14-10(7)12)2-5(15(16)17)3-8(9)11/h2-4H,1H3,(H3,12,13,14). The molecule has 2 aromatic rings. The number of benzene rings is 1. The van der Waals surface area contributed by atoms with Crippen molar-refractivity contribution >= 4 is 11.5 Å². The average molecular weight is 252 g/mol. The lowest BCUT2D eigenvalue weighted by Crippen LogP contribution is -1.97. The molecule has 1 aromatic carbocycles. The number of nitrogen functional groups attached to an aromatic ring is 1. The fourth-order valence-electron chi connectivity index (χ4n) is 1.60. The van der Waals surface area contributed by atoms with Gasteiger partial charge in [0.05, 0.1) is 24.3 Å². The van der Waals surface area contributed by atoms with Gasteiger partial charge in [0, 0.05) is 17.2 Å². The molecule has 94 valence electrons. The molecule has 2 rings (SSSR count). The first kappa shape index (κ1) is 11.8. The maximum absolute atomic E-state index is 13.7. The molecule has 0 aliphatic heterocycles. The van der Waals surface area contributed by atoms with Gasteiger partial charge in [-0.3, -0.25) is 15.2 Å². The number of nitrogens with zero attached hydrogens (tertiary/aromatic N) is 2. The number of hydrogen-bond acceptors (Lipinski definition) is 5. The Hall–Kier alpha value is -2.64. The average Bonchev–Trinajstić information content (AvgIpc) is 2.74. The van der Waals surface area contributed by atoms with E-state index in [1.54, 1.807) is 0 Å². The number of ether oxygens (including phenoxy) is 1. The van der Waals surface area contributed by atoms with Gasteiger partial charge in [-0.25, -0.2) is 4.39 Å². The van der Waals surface area contributed by atoms with E-state index >= 15 is 0 Å². The highest BCUT2D eigenvalue weighted by atomic mass is 19.1. The Labute approximate surface area is 101 Å². The van der Waals surface area contributed by atoms with Crippen LogP contribution in [0.3, 0.4) is 0 Å². The molecule has 0 bridgehead atoms. The zero-order chi connectivity index (χ0) is 13.3. The molecular formula is C10H9FN4O3. The number of methoxy groups -OCH3 is 1. The van der Waals surface area contributed by atoms with Gasteiger partial charge in [-0.2, -0.15) is 5.10 Å². The lowest BCUT2D eigenvalue weighted by Gasteiger charge is -2.08. The van der Waals surface area contributed by atoms with Crippen LogP contribution in [-0.2, 0) is 0 Å². The van der Waals surface area contributed by atoms with E-state index in [9.17, 15) is 14.5 Å². The van der Waals surface area contributed by atoms with E-state index in [-0.39, 0.29) is 22.8 Å². The van der Waals surface area contributed by atoms with Crippen molar-refractivity contribution < 1.29 is 14.1 Å². The Kier molecular flexibility index (Phi) is 2.84. The Morgan fingerprint density at radius 2 is 2.22 bits per heavy atom. The predicted molar refractivity (Wildman–Crippen MR) is 61.6 cm³/mol. The molecule has 0 aliphatic carbocycles. The van der Waals surface area contributed by atoms with Crippen LogP contribution >= 0.6 is 0 Å². The molecule has 0 saturated carbocycles. The highest BCUT2D eigenvalue weighted by molar-refractivity contribution is 5.79. The number of aromatic amines is 1. The topological polar surface area (TPSA) is 107 Å². The van der Waals surface area contributed by atoms with E-state index in [1.165, 1.54) is 19.4 Å². The molecule has 0 saturated heterocycles. The zero-order valence-corrected chi connectivity index (χ0v) is 9.31. The van der Waals surface area contributed by atoms with Gasteiger partial charge in [-0.05, 0) is 0 Å². The second kappa shape index (κ2) is 4.32. The minimum Gasteiger partial charge on any atom is -0.493 e. The molecule has 1 aromatic heterocycles. The van der Waals surface area contributed by atoms with Crippen LogP contribution in [0.15, 0.2) is 18.3 Å². The summed E-state index contributed by atoms with van der Waals surface area (Å²) in [7, 11) is 1.27. The quantitative estimate of drug-likeness (QED) is 0.638. The first-order valence-corrected chi connectivity index (χ1v) is 4.85. The van der Waals surface area contributed by atoms with Crippen molar-refractivity contribution in [3.63, 3.8) is 0 Å². The third-order valence-corrected chi connectivity index (χ3v) is 2.40. The van der Waals surface area contributed by atoms with E-state index in [0.29, 0.717) is 5.56 Å². The van der Waals surface area contributed by atoms with Crippen molar-refractivity contribution in [1.29, 1.82) is 0 Å². The number of hydrogen-bond donors (Lipinski definition) is 2. The molecule has 1 heterocycles. The van der Waals surface area contributed by atoms with E-state index < -0.39 is 10.7 Å². The van der Waals surface area contributed by atoms with Gasteiger partial charge in [0.15, 0.2) is 11.6 Å². The van der Waals surface area contributed by atoms with Crippen LogP contribution in [0, 0.1) is 15.9 Å². The van der Waals surface area contributed by atoms with Gasteiger partial charge in [0.25, 0.3) is 5.69 Å². The fourth-order valence-corrected chi connectivity index (χ4v) is 1.60. The normalized spacial score (nSPS) is 10.3. The highest BCUT2D eigenvalue weighted by Gasteiger charge is 2.20. The summed E-state index contributed by atoms with van der Waals surface area (Å²) in [6.07, 6.45) is 1.34. The molecular weight excluding hydrogens is 243 g/mol. The van der Waals surface area contributed by atoms with Crippen LogP contribution < -0.4 is 10.5 Å². The summed E-state index contributed by atoms with van der Waals surface area (Å²) >= 11 is 0. The van der Waals surface area contributed by atoms with Crippen LogP contribution in [0.5, 0.6) is 5.75 Å². The largest absolute Gasteiger partial charge is 0.493 e. The summed E-state index contributed by atoms with van der Waals surface area (Å²) in [6, 6.07) is 1.97. The van der Waals surface area contributed by atoms with Crippen molar-refractivity contribution in [2.24, 2.45) is 0 Å². The van der Waals surface area contributed by atoms with E-state index in [0.717, 1.165) is 6.07 Å². The maximum Gasteiger partial charge on any atom is 0.273 e. The van der Waals surface area contributed by atoms with Gasteiger partial charge in [0.1, 0.15) is 5.82 Å². The molecule has 8 heteroatoms. The second-order valence-corrected chi connectivity index (χ2v) is 3.46. The monoisotopic (exact) mass is 252 g/mol. The molecule has 3 N–H and O–H groups in total. The zero-order valence-electron chi connectivity index (χ0n) is 9.31. The van der Waals surface area contributed by atoms with E-state index in [4.69, 9.17) is 10.5 Å². The van der Waals surface area contributed by atoms with Crippen molar-refractivity contribution in [1.82, 2.24) is 10.2 Å². The lowest BCUT2D eigenvalue weighted by molar-refractivity contribution is -0.385. The Balaban J connectivity index is 2.71. The Morgan fingerprint density at radius 1 is 1.50 bits per heavy atom.